The second-order valence-electron chi connectivity index (χ2n) is 8.43. The van der Waals surface area contributed by atoms with Crippen LogP contribution < -0.4 is 0 Å². The second-order valence-corrected chi connectivity index (χ2v) is 9.25. The van der Waals surface area contributed by atoms with Crippen molar-refractivity contribution in [2.45, 2.75) is 45.6 Å². The Morgan fingerprint density at radius 2 is 1.75 bits per heavy atom. The number of piperidine rings is 2. The first-order chi connectivity index (χ1) is 11.3. The van der Waals surface area contributed by atoms with Crippen molar-refractivity contribution < 1.29 is 0 Å². The van der Waals surface area contributed by atoms with E-state index >= 15 is 0 Å². The van der Waals surface area contributed by atoms with Gasteiger partial charge in [0.05, 0.1) is 10.0 Å². The summed E-state index contributed by atoms with van der Waals surface area (Å²) < 4.78 is 0. The highest BCUT2D eigenvalue weighted by Gasteiger charge is 2.38. The molecule has 0 saturated carbocycles. The highest BCUT2D eigenvalue weighted by molar-refractivity contribution is 6.42. The summed E-state index contributed by atoms with van der Waals surface area (Å²) in [5.74, 6) is 0.706. The molecule has 2 aliphatic heterocycles. The predicted molar refractivity (Wildman–Crippen MR) is 104 cm³/mol. The van der Waals surface area contributed by atoms with Crippen molar-refractivity contribution in [1.82, 2.24) is 9.80 Å². The van der Waals surface area contributed by atoms with Crippen LogP contribution in [0.25, 0.3) is 0 Å². The van der Waals surface area contributed by atoms with Crippen LogP contribution in [-0.4, -0.2) is 49.1 Å². The van der Waals surface area contributed by atoms with E-state index in [4.69, 9.17) is 23.2 Å². The summed E-state index contributed by atoms with van der Waals surface area (Å²) in [7, 11) is 2.24. The summed E-state index contributed by atoms with van der Waals surface area (Å²) in [6.07, 6.45) is 5.03. The van der Waals surface area contributed by atoms with Crippen LogP contribution in [-0.2, 0) is 6.42 Å². The summed E-state index contributed by atoms with van der Waals surface area (Å²) in [4.78, 5) is 5.22. The van der Waals surface area contributed by atoms with Gasteiger partial charge in [0, 0.05) is 12.6 Å². The van der Waals surface area contributed by atoms with E-state index < -0.39 is 0 Å². The van der Waals surface area contributed by atoms with E-state index in [0.29, 0.717) is 21.4 Å². The molecule has 1 aromatic carbocycles. The Kier molecular flexibility index (Phi) is 5.81. The van der Waals surface area contributed by atoms with Crippen LogP contribution in [0, 0.1) is 11.3 Å². The zero-order valence-corrected chi connectivity index (χ0v) is 16.7. The molecule has 2 fully saturated rings. The monoisotopic (exact) mass is 368 g/mol. The van der Waals surface area contributed by atoms with E-state index in [0.717, 1.165) is 12.5 Å². The van der Waals surface area contributed by atoms with Gasteiger partial charge in [0.1, 0.15) is 0 Å². The molecular formula is C20H30Cl2N2. The summed E-state index contributed by atoms with van der Waals surface area (Å²) in [6.45, 7) is 9.83. The summed E-state index contributed by atoms with van der Waals surface area (Å²) >= 11 is 12.2. The van der Waals surface area contributed by atoms with Crippen LogP contribution in [0.2, 0.25) is 10.0 Å². The quantitative estimate of drug-likeness (QED) is 0.742. The van der Waals surface area contributed by atoms with E-state index in [1.54, 1.807) is 0 Å². The fraction of sp³-hybridized carbons (Fsp3) is 0.700. The molecule has 1 atom stereocenters. The smallest absolute Gasteiger partial charge is 0.0595 e. The topological polar surface area (TPSA) is 6.48 Å². The van der Waals surface area contributed by atoms with Crippen molar-refractivity contribution >= 4 is 23.2 Å². The third-order valence-corrected chi connectivity index (χ3v) is 6.89. The molecule has 1 unspecified atom stereocenters. The predicted octanol–water partition coefficient (Wildman–Crippen LogP) is 4.98. The number of hydrogen-bond donors (Lipinski definition) is 0. The van der Waals surface area contributed by atoms with E-state index in [1.807, 2.05) is 12.1 Å². The lowest BCUT2D eigenvalue weighted by molar-refractivity contribution is 0.0102. The maximum atomic E-state index is 6.19. The Morgan fingerprint density at radius 3 is 2.38 bits per heavy atom. The minimum absolute atomic E-state index is 0.341. The molecule has 3 rings (SSSR count). The Morgan fingerprint density at radius 1 is 1.04 bits per heavy atom. The molecule has 0 aromatic heterocycles. The Hall–Kier alpha value is -0.280. The first kappa shape index (κ1) is 18.5. The van der Waals surface area contributed by atoms with Gasteiger partial charge in [0.25, 0.3) is 0 Å². The number of hydrogen-bond acceptors (Lipinski definition) is 2. The molecule has 1 aromatic rings. The molecular weight excluding hydrogens is 339 g/mol. The summed E-state index contributed by atoms with van der Waals surface area (Å²) in [5.41, 5.74) is 1.66. The zero-order valence-electron chi connectivity index (χ0n) is 15.2. The Labute approximate surface area is 157 Å². The van der Waals surface area contributed by atoms with Crippen molar-refractivity contribution in [1.29, 1.82) is 0 Å². The van der Waals surface area contributed by atoms with Crippen molar-refractivity contribution in [3.8, 4) is 0 Å². The molecule has 0 radical (unpaired) electrons. The number of rotatable bonds is 3. The van der Waals surface area contributed by atoms with Gasteiger partial charge in [-0.3, -0.25) is 4.90 Å². The first-order valence-electron chi connectivity index (χ1n) is 9.22. The van der Waals surface area contributed by atoms with E-state index in [9.17, 15) is 0 Å². The van der Waals surface area contributed by atoms with Crippen LogP contribution in [0.5, 0.6) is 0 Å². The van der Waals surface area contributed by atoms with Crippen LogP contribution >= 0.6 is 23.2 Å². The molecule has 2 aliphatic rings. The molecule has 4 heteroatoms. The second kappa shape index (κ2) is 7.53. The van der Waals surface area contributed by atoms with Crippen LogP contribution in [0.3, 0.4) is 0 Å². The molecule has 0 N–H and O–H groups in total. The highest BCUT2D eigenvalue weighted by Crippen LogP contribution is 2.39. The molecule has 0 spiro atoms. The number of benzene rings is 1. The minimum atomic E-state index is 0.341. The van der Waals surface area contributed by atoms with Gasteiger partial charge in [-0.05, 0) is 81.4 Å². The lowest BCUT2D eigenvalue weighted by atomic mass is 9.70. The normalized spacial score (nSPS) is 26.6. The largest absolute Gasteiger partial charge is 0.306 e. The molecule has 0 amide bonds. The zero-order chi connectivity index (χ0) is 17.3. The summed E-state index contributed by atoms with van der Waals surface area (Å²) in [5, 5.41) is 1.33. The van der Waals surface area contributed by atoms with Crippen molar-refractivity contribution in [3.63, 3.8) is 0 Å². The van der Waals surface area contributed by atoms with Crippen LogP contribution in [0.15, 0.2) is 18.2 Å². The first-order valence-corrected chi connectivity index (χ1v) is 9.97. The van der Waals surface area contributed by atoms with E-state index in [2.05, 4.69) is 36.8 Å². The number of likely N-dealkylation sites (tertiary alicyclic amines) is 2. The van der Waals surface area contributed by atoms with Gasteiger partial charge in [-0.15, -0.1) is 0 Å². The van der Waals surface area contributed by atoms with Gasteiger partial charge in [-0.25, -0.2) is 0 Å². The lowest BCUT2D eigenvalue weighted by Crippen LogP contribution is -2.52. The van der Waals surface area contributed by atoms with Crippen LogP contribution in [0.4, 0.5) is 0 Å². The fourth-order valence-electron chi connectivity index (χ4n) is 4.45. The molecule has 2 heterocycles. The molecule has 24 heavy (non-hydrogen) atoms. The SMILES string of the molecule is CN1CCC(N2CCC(Cc3ccc(Cl)c(Cl)c3)C(C)(C)C2)CC1. The van der Waals surface area contributed by atoms with Crippen molar-refractivity contribution in [2.75, 3.05) is 33.2 Å². The molecule has 0 aliphatic carbocycles. The molecule has 0 bridgehead atoms. The Balaban J connectivity index is 1.62. The van der Waals surface area contributed by atoms with Crippen molar-refractivity contribution in [3.05, 3.63) is 33.8 Å². The molecule has 2 saturated heterocycles. The number of nitrogens with zero attached hydrogens (tertiary/aromatic N) is 2. The minimum Gasteiger partial charge on any atom is -0.306 e. The average Bonchev–Trinajstić information content (AvgIpc) is 2.53. The third kappa shape index (κ3) is 4.27. The maximum absolute atomic E-state index is 6.19. The van der Waals surface area contributed by atoms with Crippen molar-refractivity contribution in [2.24, 2.45) is 11.3 Å². The maximum Gasteiger partial charge on any atom is 0.0595 e. The standard InChI is InChI=1S/C20H30Cl2N2/c1-20(2)14-24(17-7-9-23(3)10-8-17)11-6-16(20)12-15-4-5-18(21)19(22)13-15/h4-5,13,16-17H,6-12,14H2,1-3H3. The lowest BCUT2D eigenvalue weighted by Gasteiger charge is -2.48. The van der Waals surface area contributed by atoms with Crippen LogP contribution in [0.1, 0.15) is 38.7 Å². The van der Waals surface area contributed by atoms with E-state index in [-0.39, 0.29) is 0 Å². The molecule has 2 nitrogen and oxygen atoms in total. The number of halogens is 2. The highest BCUT2D eigenvalue weighted by atomic mass is 35.5. The van der Waals surface area contributed by atoms with Gasteiger partial charge in [-0.1, -0.05) is 43.1 Å². The average molecular weight is 369 g/mol. The van der Waals surface area contributed by atoms with E-state index in [1.165, 1.54) is 51.0 Å². The molecule has 134 valence electrons. The third-order valence-electron chi connectivity index (χ3n) is 6.15. The fourth-order valence-corrected chi connectivity index (χ4v) is 4.77. The Bertz CT molecular complexity index is 565. The van der Waals surface area contributed by atoms with Gasteiger partial charge in [0.2, 0.25) is 0 Å². The van der Waals surface area contributed by atoms with Gasteiger partial charge in [-0.2, -0.15) is 0 Å². The van der Waals surface area contributed by atoms with Gasteiger partial charge >= 0.3 is 0 Å². The van der Waals surface area contributed by atoms with Gasteiger partial charge in [0.15, 0.2) is 0 Å². The summed E-state index contributed by atoms with van der Waals surface area (Å²) in [6, 6.07) is 6.89. The van der Waals surface area contributed by atoms with Gasteiger partial charge < -0.3 is 4.90 Å².